The highest BCUT2D eigenvalue weighted by atomic mass is 16.5. The van der Waals surface area contributed by atoms with Gasteiger partial charge in [-0.2, -0.15) is 0 Å². The Labute approximate surface area is 81.5 Å². The van der Waals surface area contributed by atoms with E-state index in [0.717, 1.165) is 11.5 Å². The van der Waals surface area contributed by atoms with Crippen molar-refractivity contribution in [2.75, 3.05) is 0 Å². The fourth-order valence-corrected chi connectivity index (χ4v) is 0.810. The second-order valence-corrected chi connectivity index (χ2v) is 3.74. The number of ether oxygens (including phenoxy) is 1. The van der Waals surface area contributed by atoms with Crippen LogP contribution in [0.4, 0.5) is 0 Å². The Morgan fingerprint density at radius 2 is 1.69 bits per heavy atom. The Morgan fingerprint density at radius 1 is 1.15 bits per heavy atom. The molecule has 0 amide bonds. The summed E-state index contributed by atoms with van der Waals surface area (Å²) in [5.74, 6) is 1.70. The molecule has 2 N–H and O–H groups in total. The lowest BCUT2D eigenvalue weighted by Gasteiger charge is -2.11. The van der Waals surface area contributed by atoms with Crippen molar-refractivity contribution in [1.82, 2.24) is 0 Å². The third-order valence-corrected chi connectivity index (χ3v) is 1.85. The fraction of sp³-hybridized carbons (Fsp3) is 0.636. The number of allylic oxidation sites excluding steroid dienone is 3. The molecule has 76 valence electrons. The molecule has 0 rings (SSSR count). The fourth-order valence-electron chi connectivity index (χ4n) is 0.810. The SMILES string of the molecule is C/C=C(\O/C=C(\N)C(C)C)C(C)C. The Balaban J connectivity index is 4.21. The topological polar surface area (TPSA) is 35.2 Å². The van der Waals surface area contributed by atoms with Gasteiger partial charge in [-0.05, 0) is 18.9 Å². The van der Waals surface area contributed by atoms with Crippen LogP contribution in [-0.2, 0) is 4.74 Å². The molecule has 0 aromatic heterocycles. The van der Waals surface area contributed by atoms with Gasteiger partial charge in [0.2, 0.25) is 0 Å². The standard InChI is InChI=1S/C11H21NO/c1-6-11(9(4)5)13-7-10(12)8(2)3/h6-9H,12H2,1-5H3/b10-7-,11-6-. The molecule has 2 heteroatoms. The minimum atomic E-state index is 0.338. The van der Waals surface area contributed by atoms with Crippen LogP contribution in [-0.4, -0.2) is 0 Å². The summed E-state index contributed by atoms with van der Waals surface area (Å²) in [6.45, 7) is 10.2. The van der Waals surface area contributed by atoms with Crippen LogP contribution in [0, 0.1) is 11.8 Å². The van der Waals surface area contributed by atoms with Crippen molar-refractivity contribution in [2.45, 2.75) is 34.6 Å². The van der Waals surface area contributed by atoms with E-state index in [9.17, 15) is 0 Å². The lowest BCUT2D eigenvalue weighted by atomic mass is 10.1. The maximum Gasteiger partial charge on any atom is 0.109 e. The van der Waals surface area contributed by atoms with Gasteiger partial charge < -0.3 is 10.5 Å². The van der Waals surface area contributed by atoms with Crippen molar-refractivity contribution in [3.63, 3.8) is 0 Å². The second kappa shape index (κ2) is 5.68. The van der Waals surface area contributed by atoms with Gasteiger partial charge >= 0.3 is 0 Å². The first kappa shape index (κ1) is 12.1. The van der Waals surface area contributed by atoms with E-state index in [0.29, 0.717) is 11.8 Å². The van der Waals surface area contributed by atoms with Crippen molar-refractivity contribution in [3.8, 4) is 0 Å². The highest BCUT2D eigenvalue weighted by Gasteiger charge is 2.02. The second-order valence-electron chi connectivity index (χ2n) is 3.74. The van der Waals surface area contributed by atoms with Gasteiger partial charge in [-0.3, -0.25) is 0 Å². The first-order chi connectivity index (χ1) is 5.99. The van der Waals surface area contributed by atoms with Gasteiger partial charge in [0.25, 0.3) is 0 Å². The van der Waals surface area contributed by atoms with Gasteiger partial charge in [-0.1, -0.05) is 27.7 Å². The molecule has 0 aromatic rings. The molecule has 13 heavy (non-hydrogen) atoms. The molecule has 0 radical (unpaired) electrons. The van der Waals surface area contributed by atoms with Crippen LogP contribution >= 0.6 is 0 Å². The minimum Gasteiger partial charge on any atom is -0.468 e. The molecule has 0 atom stereocenters. The number of hydrogen-bond donors (Lipinski definition) is 1. The Morgan fingerprint density at radius 3 is 2.00 bits per heavy atom. The van der Waals surface area contributed by atoms with Gasteiger partial charge in [0, 0.05) is 11.6 Å². The van der Waals surface area contributed by atoms with E-state index in [-0.39, 0.29) is 0 Å². The smallest absolute Gasteiger partial charge is 0.109 e. The molecule has 0 aliphatic heterocycles. The van der Waals surface area contributed by atoms with Crippen LogP contribution in [0.25, 0.3) is 0 Å². The van der Waals surface area contributed by atoms with Crippen molar-refractivity contribution in [1.29, 1.82) is 0 Å². The van der Waals surface area contributed by atoms with Crippen molar-refractivity contribution >= 4 is 0 Å². The van der Waals surface area contributed by atoms with Crippen LogP contribution in [0.5, 0.6) is 0 Å². The Kier molecular flexibility index (Phi) is 5.28. The lowest BCUT2D eigenvalue weighted by molar-refractivity contribution is 0.297. The predicted octanol–water partition coefficient (Wildman–Crippen LogP) is 3.02. The van der Waals surface area contributed by atoms with E-state index in [1.807, 2.05) is 26.8 Å². The van der Waals surface area contributed by atoms with Gasteiger partial charge in [0.1, 0.15) is 12.0 Å². The van der Waals surface area contributed by atoms with Gasteiger partial charge in [0.05, 0.1) is 0 Å². The average Bonchev–Trinajstić information content (AvgIpc) is 2.04. The van der Waals surface area contributed by atoms with Gasteiger partial charge in [0.15, 0.2) is 0 Å². The minimum absolute atomic E-state index is 0.338. The quantitative estimate of drug-likeness (QED) is 0.680. The number of rotatable bonds is 4. The van der Waals surface area contributed by atoms with Crippen LogP contribution < -0.4 is 5.73 Å². The maximum absolute atomic E-state index is 5.73. The summed E-state index contributed by atoms with van der Waals surface area (Å²) in [6, 6.07) is 0. The first-order valence-corrected chi connectivity index (χ1v) is 4.77. The van der Waals surface area contributed by atoms with E-state index in [4.69, 9.17) is 10.5 Å². The Bertz CT molecular complexity index is 202. The number of hydrogen-bond acceptors (Lipinski definition) is 2. The summed E-state index contributed by atoms with van der Waals surface area (Å²) in [4.78, 5) is 0. The largest absolute Gasteiger partial charge is 0.468 e. The van der Waals surface area contributed by atoms with Gasteiger partial charge in [-0.15, -0.1) is 0 Å². The zero-order valence-corrected chi connectivity index (χ0v) is 9.29. The molecule has 0 aliphatic carbocycles. The summed E-state index contributed by atoms with van der Waals surface area (Å²) in [5, 5.41) is 0. The van der Waals surface area contributed by atoms with E-state index in [2.05, 4.69) is 13.8 Å². The maximum atomic E-state index is 5.73. The predicted molar refractivity (Wildman–Crippen MR) is 56.8 cm³/mol. The monoisotopic (exact) mass is 183 g/mol. The average molecular weight is 183 g/mol. The van der Waals surface area contributed by atoms with E-state index in [1.165, 1.54) is 0 Å². The number of nitrogens with two attached hydrogens (primary N) is 1. The molecule has 0 aromatic carbocycles. The highest BCUT2D eigenvalue weighted by molar-refractivity contribution is 5.01. The first-order valence-electron chi connectivity index (χ1n) is 4.77. The molecule has 0 spiro atoms. The third-order valence-electron chi connectivity index (χ3n) is 1.85. The molecule has 0 fully saturated rings. The van der Waals surface area contributed by atoms with E-state index in [1.54, 1.807) is 6.26 Å². The zero-order valence-electron chi connectivity index (χ0n) is 9.29. The van der Waals surface area contributed by atoms with Crippen molar-refractivity contribution in [2.24, 2.45) is 17.6 Å². The van der Waals surface area contributed by atoms with E-state index < -0.39 is 0 Å². The summed E-state index contributed by atoms with van der Waals surface area (Å²) < 4.78 is 5.45. The van der Waals surface area contributed by atoms with Crippen molar-refractivity contribution in [3.05, 3.63) is 23.8 Å². The highest BCUT2D eigenvalue weighted by Crippen LogP contribution is 2.12. The molecule has 2 nitrogen and oxygen atoms in total. The van der Waals surface area contributed by atoms with Crippen molar-refractivity contribution < 1.29 is 4.74 Å². The summed E-state index contributed by atoms with van der Waals surface area (Å²) in [5.41, 5.74) is 6.51. The van der Waals surface area contributed by atoms with E-state index >= 15 is 0 Å². The van der Waals surface area contributed by atoms with Crippen LogP contribution in [0.3, 0.4) is 0 Å². The zero-order chi connectivity index (χ0) is 10.4. The summed E-state index contributed by atoms with van der Waals surface area (Å²) in [6.07, 6.45) is 3.61. The molecule has 0 saturated carbocycles. The molecule has 0 aliphatic rings. The molecule has 0 saturated heterocycles. The molecular formula is C11H21NO. The van der Waals surface area contributed by atoms with Gasteiger partial charge in [-0.25, -0.2) is 0 Å². The van der Waals surface area contributed by atoms with Crippen LogP contribution in [0.15, 0.2) is 23.8 Å². The van der Waals surface area contributed by atoms with Crippen LogP contribution in [0.2, 0.25) is 0 Å². The molecular weight excluding hydrogens is 162 g/mol. The Hall–Kier alpha value is -0.920. The molecule has 0 bridgehead atoms. The normalized spacial score (nSPS) is 14.1. The third kappa shape index (κ3) is 4.61. The summed E-state index contributed by atoms with van der Waals surface area (Å²) >= 11 is 0. The molecule has 0 unspecified atom stereocenters. The summed E-state index contributed by atoms with van der Waals surface area (Å²) in [7, 11) is 0. The molecule has 0 heterocycles. The lowest BCUT2D eigenvalue weighted by Crippen LogP contribution is -2.06. The van der Waals surface area contributed by atoms with Crippen LogP contribution in [0.1, 0.15) is 34.6 Å².